The Labute approximate surface area is 202 Å². The molecule has 2 aromatic carbocycles. The van der Waals surface area contributed by atoms with Gasteiger partial charge in [-0.1, -0.05) is 30.3 Å². The lowest BCUT2D eigenvalue weighted by Crippen LogP contribution is -2.41. The Balaban J connectivity index is 1.44. The summed E-state index contributed by atoms with van der Waals surface area (Å²) in [5.74, 6) is 0.295. The summed E-state index contributed by atoms with van der Waals surface area (Å²) in [7, 11) is 0. The van der Waals surface area contributed by atoms with E-state index in [2.05, 4.69) is 0 Å². The molecule has 7 nitrogen and oxygen atoms in total. The van der Waals surface area contributed by atoms with Crippen LogP contribution in [0, 0.1) is 19.8 Å². The smallest absolute Gasteiger partial charge is 0.339 e. The van der Waals surface area contributed by atoms with Gasteiger partial charge in [0.25, 0.3) is 0 Å². The van der Waals surface area contributed by atoms with E-state index in [9.17, 15) is 14.4 Å². The standard InChI is InChI=1S/C28H28N2O5/c1-16-20(8-9-25(31)30-12-10-19(11-13-30)27(29)32)28(33)35-23-15-24-22(14-21(16)23)26(17(2)34-24)18-6-4-3-5-7-18/h3-7,14-15,19H,8-13H2,1-2H3,(H2,29,32). The second-order valence-electron chi connectivity index (χ2n) is 9.29. The zero-order valence-electron chi connectivity index (χ0n) is 19.9. The quantitative estimate of drug-likeness (QED) is 0.431. The Bertz CT molecular complexity index is 1490. The average Bonchev–Trinajstić information content (AvgIpc) is 3.17. The lowest BCUT2D eigenvalue weighted by Gasteiger charge is -2.30. The third kappa shape index (κ3) is 4.22. The molecular weight excluding hydrogens is 444 g/mol. The first-order chi connectivity index (χ1) is 16.8. The van der Waals surface area contributed by atoms with Crippen molar-refractivity contribution < 1.29 is 18.4 Å². The fourth-order valence-electron chi connectivity index (χ4n) is 5.16. The van der Waals surface area contributed by atoms with Crippen LogP contribution in [0.2, 0.25) is 0 Å². The van der Waals surface area contributed by atoms with E-state index in [-0.39, 0.29) is 24.2 Å². The minimum absolute atomic E-state index is 0.0286. The van der Waals surface area contributed by atoms with Gasteiger partial charge in [0.05, 0.1) is 0 Å². The molecule has 0 unspecified atom stereocenters. The van der Waals surface area contributed by atoms with E-state index in [0.717, 1.165) is 33.2 Å². The molecule has 3 heterocycles. The van der Waals surface area contributed by atoms with E-state index >= 15 is 0 Å². The molecule has 1 fully saturated rings. The van der Waals surface area contributed by atoms with E-state index in [4.69, 9.17) is 14.6 Å². The summed E-state index contributed by atoms with van der Waals surface area (Å²) in [6.45, 7) is 4.85. The fraction of sp³-hybridized carbons (Fsp3) is 0.321. The Morgan fingerprint density at radius 1 is 1.00 bits per heavy atom. The molecule has 0 bridgehead atoms. The van der Waals surface area contributed by atoms with Gasteiger partial charge in [0.2, 0.25) is 11.8 Å². The minimum atomic E-state index is -0.429. The van der Waals surface area contributed by atoms with Gasteiger partial charge in [0.1, 0.15) is 16.9 Å². The van der Waals surface area contributed by atoms with Crippen LogP contribution in [0.5, 0.6) is 0 Å². The van der Waals surface area contributed by atoms with Gasteiger partial charge in [-0.25, -0.2) is 4.79 Å². The Kier molecular flexibility index (Phi) is 5.93. The van der Waals surface area contributed by atoms with Crippen LogP contribution in [0.4, 0.5) is 0 Å². The first-order valence-corrected chi connectivity index (χ1v) is 12.0. The van der Waals surface area contributed by atoms with Crippen LogP contribution in [-0.2, 0) is 16.0 Å². The van der Waals surface area contributed by atoms with E-state index < -0.39 is 5.63 Å². The molecule has 180 valence electrons. The number of rotatable bonds is 5. The number of nitrogens with zero attached hydrogens (tertiary/aromatic N) is 1. The fourth-order valence-corrected chi connectivity index (χ4v) is 5.16. The number of hydrogen-bond acceptors (Lipinski definition) is 5. The van der Waals surface area contributed by atoms with Crippen molar-refractivity contribution in [2.24, 2.45) is 11.7 Å². The summed E-state index contributed by atoms with van der Waals surface area (Å²) in [5, 5.41) is 1.79. The molecule has 0 radical (unpaired) electrons. The number of carbonyl (C=O) groups excluding carboxylic acids is 2. The minimum Gasteiger partial charge on any atom is -0.461 e. The lowest BCUT2D eigenvalue weighted by molar-refractivity contribution is -0.134. The molecule has 0 atom stereocenters. The first kappa shape index (κ1) is 22.9. The van der Waals surface area contributed by atoms with Crippen molar-refractivity contribution in [3.8, 4) is 11.1 Å². The van der Waals surface area contributed by atoms with Crippen LogP contribution in [-0.4, -0.2) is 29.8 Å². The van der Waals surface area contributed by atoms with Gasteiger partial charge >= 0.3 is 5.63 Å². The number of fused-ring (bicyclic) bond motifs is 2. The second kappa shape index (κ2) is 9.06. The van der Waals surface area contributed by atoms with Crippen LogP contribution >= 0.6 is 0 Å². The number of nitrogens with two attached hydrogens (primary N) is 1. The van der Waals surface area contributed by atoms with Crippen molar-refractivity contribution in [3.05, 3.63) is 69.8 Å². The van der Waals surface area contributed by atoms with Gasteiger partial charge in [0.15, 0.2) is 0 Å². The molecular formula is C28H28N2O5. The summed E-state index contributed by atoms with van der Waals surface area (Å²) in [6.07, 6.45) is 1.68. The van der Waals surface area contributed by atoms with E-state index in [1.807, 2.05) is 50.2 Å². The summed E-state index contributed by atoms with van der Waals surface area (Å²) < 4.78 is 11.7. The van der Waals surface area contributed by atoms with Crippen LogP contribution in [0.3, 0.4) is 0 Å². The number of furan rings is 1. The van der Waals surface area contributed by atoms with Crippen molar-refractivity contribution in [2.45, 2.75) is 39.5 Å². The SMILES string of the molecule is Cc1oc2cc3oc(=O)c(CCC(=O)N4CCC(C(N)=O)CC4)c(C)c3cc2c1-c1ccccc1. The zero-order valence-corrected chi connectivity index (χ0v) is 19.9. The van der Waals surface area contributed by atoms with Gasteiger partial charge in [-0.05, 0) is 50.3 Å². The van der Waals surface area contributed by atoms with Crippen LogP contribution < -0.4 is 11.4 Å². The highest BCUT2D eigenvalue weighted by molar-refractivity contribution is 6.03. The zero-order chi connectivity index (χ0) is 24.7. The average molecular weight is 473 g/mol. The number of aryl methyl sites for hydroxylation is 2. The number of benzene rings is 2. The summed E-state index contributed by atoms with van der Waals surface area (Å²) in [4.78, 5) is 38.7. The molecule has 4 aromatic rings. The summed E-state index contributed by atoms with van der Waals surface area (Å²) in [5.41, 5.74) is 9.50. The maximum atomic E-state index is 12.8. The summed E-state index contributed by atoms with van der Waals surface area (Å²) >= 11 is 0. The maximum absolute atomic E-state index is 12.8. The highest BCUT2D eigenvalue weighted by Crippen LogP contribution is 2.37. The van der Waals surface area contributed by atoms with E-state index in [1.165, 1.54) is 0 Å². The van der Waals surface area contributed by atoms with Gasteiger partial charge < -0.3 is 19.5 Å². The Morgan fingerprint density at radius 2 is 1.69 bits per heavy atom. The number of amides is 2. The molecule has 0 saturated carbocycles. The molecule has 5 rings (SSSR count). The van der Waals surface area contributed by atoms with Crippen LogP contribution in [0.25, 0.3) is 33.1 Å². The van der Waals surface area contributed by atoms with Gasteiger partial charge in [-0.2, -0.15) is 0 Å². The van der Waals surface area contributed by atoms with Crippen LogP contribution in [0.1, 0.15) is 36.1 Å². The summed E-state index contributed by atoms with van der Waals surface area (Å²) in [6, 6.07) is 13.8. The maximum Gasteiger partial charge on any atom is 0.339 e. The monoisotopic (exact) mass is 472 g/mol. The predicted molar refractivity (Wildman–Crippen MR) is 134 cm³/mol. The van der Waals surface area contributed by atoms with Gasteiger partial charge in [0, 0.05) is 53.4 Å². The van der Waals surface area contributed by atoms with E-state index in [1.54, 1.807) is 11.0 Å². The van der Waals surface area contributed by atoms with Crippen molar-refractivity contribution in [3.63, 3.8) is 0 Å². The Hall–Kier alpha value is -3.87. The van der Waals surface area contributed by atoms with Crippen molar-refractivity contribution in [2.75, 3.05) is 13.1 Å². The molecule has 1 aliphatic heterocycles. The number of hydrogen-bond donors (Lipinski definition) is 1. The molecule has 2 amide bonds. The largest absolute Gasteiger partial charge is 0.461 e. The number of primary amides is 1. The lowest BCUT2D eigenvalue weighted by atomic mass is 9.95. The highest BCUT2D eigenvalue weighted by Gasteiger charge is 2.26. The van der Waals surface area contributed by atoms with Crippen LogP contribution in [0.15, 0.2) is 56.1 Å². The van der Waals surface area contributed by atoms with Crippen molar-refractivity contribution in [1.29, 1.82) is 0 Å². The normalized spacial score (nSPS) is 14.6. The topological polar surface area (TPSA) is 107 Å². The third-order valence-corrected chi connectivity index (χ3v) is 7.17. The molecule has 35 heavy (non-hydrogen) atoms. The molecule has 2 aromatic heterocycles. The van der Waals surface area contributed by atoms with Gasteiger partial charge in [-0.3, -0.25) is 9.59 Å². The molecule has 0 aliphatic carbocycles. The third-order valence-electron chi connectivity index (χ3n) is 7.17. The molecule has 7 heteroatoms. The molecule has 1 saturated heterocycles. The van der Waals surface area contributed by atoms with Crippen molar-refractivity contribution >= 4 is 33.8 Å². The second-order valence-corrected chi connectivity index (χ2v) is 9.29. The highest BCUT2D eigenvalue weighted by atomic mass is 16.4. The number of likely N-dealkylation sites (tertiary alicyclic amines) is 1. The predicted octanol–water partition coefficient (Wildman–Crippen LogP) is 4.48. The number of carbonyl (C=O) groups is 2. The first-order valence-electron chi connectivity index (χ1n) is 12.0. The van der Waals surface area contributed by atoms with E-state index in [0.29, 0.717) is 49.1 Å². The Morgan fingerprint density at radius 3 is 2.37 bits per heavy atom. The molecule has 2 N–H and O–H groups in total. The molecule has 1 aliphatic rings. The molecule has 0 spiro atoms. The van der Waals surface area contributed by atoms with Gasteiger partial charge in [-0.15, -0.1) is 0 Å². The van der Waals surface area contributed by atoms with Crippen molar-refractivity contribution in [1.82, 2.24) is 4.90 Å². The number of piperidine rings is 1.